The highest BCUT2D eigenvalue weighted by atomic mass is 35.5. The second-order valence-electron chi connectivity index (χ2n) is 6.49. The summed E-state index contributed by atoms with van der Waals surface area (Å²) >= 11 is 6.02. The quantitative estimate of drug-likeness (QED) is 0.558. The monoisotopic (exact) mass is 425 g/mol. The molecule has 152 valence electrons. The van der Waals surface area contributed by atoms with Gasteiger partial charge in [0.2, 0.25) is 10.0 Å². The van der Waals surface area contributed by atoms with Crippen molar-refractivity contribution in [3.8, 4) is 0 Å². The second kappa shape index (κ2) is 9.40. The van der Waals surface area contributed by atoms with Crippen LogP contribution in [0, 0.1) is 0 Å². The highest BCUT2D eigenvalue weighted by Gasteiger charge is 2.28. The van der Waals surface area contributed by atoms with Crippen LogP contribution in [0.25, 0.3) is 0 Å². The molecule has 0 unspecified atom stereocenters. The number of hydrogen-bond acceptors (Lipinski definition) is 5. The van der Waals surface area contributed by atoms with Crippen molar-refractivity contribution in [3.63, 3.8) is 0 Å². The summed E-state index contributed by atoms with van der Waals surface area (Å²) in [6.45, 7) is 2.70. The normalized spacial score (nSPS) is 16.4. The molecule has 2 aromatic rings. The molecule has 0 amide bonds. The van der Waals surface area contributed by atoms with Gasteiger partial charge >= 0.3 is 0 Å². The van der Waals surface area contributed by atoms with Crippen LogP contribution in [0.1, 0.15) is 11.3 Å². The first-order valence-corrected chi connectivity index (χ1v) is 11.0. The lowest BCUT2D eigenvalue weighted by Crippen LogP contribution is -2.54. The molecular weight excluding hydrogens is 402 g/mol. The van der Waals surface area contributed by atoms with E-state index in [1.165, 1.54) is 10.6 Å². The van der Waals surface area contributed by atoms with Crippen LogP contribution >= 0.6 is 11.6 Å². The van der Waals surface area contributed by atoms with E-state index in [4.69, 9.17) is 16.1 Å². The molecule has 1 saturated heterocycles. The second-order valence-corrected chi connectivity index (χ2v) is 8.89. The number of nitrogens with zero attached hydrogens (tertiary/aromatic N) is 4. The Morgan fingerprint density at radius 1 is 1.29 bits per heavy atom. The van der Waals surface area contributed by atoms with Crippen LogP contribution in [-0.4, -0.2) is 68.5 Å². The van der Waals surface area contributed by atoms with Crippen molar-refractivity contribution in [1.29, 1.82) is 0 Å². The molecule has 1 aliphatic rings. The van der Waals surface area contributed by atoms with Crippen molar-refractivity contribution in [2.45, 2.75) is 12.2 Å². The van der Waals surface area contributed by atoms with E-state index in [2.05, 4.69) is 20.4 Å². The average Bonchev–Trinajstić information content (AvgIpc) is 3.18. The summed E-state index contributed by atoms with van der Waals surface area (Å²) in [5, 5.41) is 7.75. The van der Waals surface area contributed by atoms with Crippen molar-refractivity contribution in [2.75, 3.05) is 39.8 Å². The van der Waals surface area contributed by atoms with E-state index in [-0.39, 0.29) is 5.75 Å². The fourth-order valence-electron chi connectivity index (χ4n) is 3.11. The van der Waals surface area contributed by atoms with Crippen LogP contribution in [0.15, 0.2) is 46.1 Å². The minimum Gasteiger partial charge on any atom is -0.364 e. The zero-order valence-electron chi connectivity index (χ0n) is 15.7. The summed E-state index contributed by atoms with van der Waals surface area (Å²) in [6, 6.07) is 9.34. The topological polar surface area (TPSA) is 91.0 Å². The number of piperazine rings is 1. The molecule has 1 N–H and O–H groups in total. The molecule has 0 spiro atoms. The lowest BCUT2D eigenvalue weighted by molar-refractivity contribution is 0.260. The lowest BCUT2D eigenvalue weighted by Gasteiger charge is -2.35. The van der Waals surface area contributed by atoms with Crippen molar-refractivity contribution in [1.82, 2.24) is 19.7 Å². The molecule has 10 heteroatoms. The van der Waals surface area contributed by atoms with Crippen molar-refractivity contribution < 1.29 is 12.9 Å². The Morgan fingerprint density at radius 3 is 2.71 bits per heavy atom. The fourth-order valence-corrected chi connectivity index (χ4v) is 4.75. The van der Waals surface area contributed by atoms with E-state index in [1.54, 1.807) is 13.1 Å². The van der Waals surface area contributed by atoms with E-state index < -0.39 is 10.0 Å². The smallest absolute Gasteiger partial charge is 0.220 e. The standard InChI is InChI=1S/C18H24ClN5O3S/c1-20-18(21-7-5-15-3-2-4-16(19)13-15)23-8-10-24(11-9-23)28(25,26)14-17-6-12-27-22-17/h2-4,6,12-13H,5,7-11,14H2,1H3,(H,20,21). The number of halogens is 1. The number of aromatic nitrogens is 1. The van der Waals surface area contributed by atoms with Crippen LogP contribution in [0.2, 0.25) is 5.02 Å². The van der Waals surface area contributed by atoms with Gasteiger partial charge in [-0.15, -0.1) is 0 Å². The average molecular weight is 426 g/mol. The van der Waals surface area contributed by atoms with Gasteiger partial charge < -0.3 is 14.7 Å². The summed E-state index contributed by atoms with van der Waals surface area (Å²) < 4.78 is 31.3. The fraction of sp³-hybridized carbons (Fsp3) is 0.444. The Balaban J connectivity index is 1.48. The van der Waals surface area contributed by atoms with Gasteiger partial charge in [-0.1, -0.05) is 28.9 Å². The van der Waals surface area contributed by atoms with Gasteiger partial charge in [0.1, 0.15) is 12.0 Å². The molecule has 28 heavy (non-hydrogen) atoms. The van der Waals surface area contributed by atoms with Crippen LogP contribution in [0.4, 0.5) is 0 Å². The maximum atomic E-state index is 12.5. The van der Waals surface area contributed by atoms with Gasteiger partial charge in [0.25, 0.3) is 0 Å². The third kappa shape index (κ3) is 5.46. The molecule has 1 fully saturated rings. The number of benzene rings is 1. The number of guanidine groups is 1. The molecule has 0 aliphatic carbocycles. The Bertz CT molecular complexity index is 894. The van der Waals surface area contributed by atoms with Crippen molar-refractivity contribution >= 4 is 27.6 Å². The predicted octanol–water partition coefficient (Wildman–Crippen LogP) is 1.59. The van der Waals surface area contributed by atoms with Gasteiger partial charge in [-0.2, -0.15) is 4.31 Å². The lowest BCUT2D eigenvalue weighted by atomic mass is 10.1. The van der Waals surface area contributed by atoms with Gasteiger partial charge in [-0.05, 0) is 24.1 Å². The first-order chi connectivity index (χ1) is 13.5. The van der Waals surface area contributed by atoms with E-state index >= 15 is 0 Å². The van der Waals surface area contributed by atoms with Gasteiger partial charge in [0.15, 0.2) is 5.96 Å². The summed E-state index contributed by atoms with van der Waals surface area (Å²) in [7, 11) is -1.68. The Morgan fingerprint density at radius 2 is 2.07 bits per heavy atom. The van der Waals surface area contributed by atoms with Crippen molar-refractivity contribution in [3.05, 3.63) is 52.9 Å². The highest BCUT2D eigenvalue weighted by Crippen LogP contribution is 2.13. The SMILES string of the molecule is CN=C(NCCc1cccc(Cl)c1)N1CCN(S(=O)(=O)Cc2ccon2)CC1. The van der Waals surface area contributed by atoms with Crippen LogP contribution < -0.4 is 5.32 Å². The van der Waals surface area contributed by atoms with Crippen LogP contribution in [-0.2, 0) is 22.2 Å². The van der Waals surface area contributed by atoms with E-state index in [9.17, 15) is 8.42 Å². The molecule has 1 aliphatic heterocycles. The van der Waals surface area contributed by atoms with Crippen LogP contribution in [0.5, 0.6) is 0 Å². The summed E-state index contributed by atoms with van der Waals surface area (Å²) in [6.07, 6.45) is 2.20. The maximum absolute atomic E-state index is 12.5. The first kappa shape index (κ1) is 20.6. The molecule has 1 aromatic carbocycles. The van der Waals surface area contributed by atoms with Crippen molar-refractivity contribution in [2.24, 2.45) is 4.99 Å². The maximum Gasteiger partial charge on any atom is 0.220 e. The zero-order chi connectivity index (χ0) is 20.0. The number of sulfonamides is 1. The molecule has 0 atom stereocenters. The van der Waals surface area contributed by atoms with Gasteiger partial charge in [0, 0.05) is 50.9 Å². The molecule has 2 heterocycles. The number of aliphatic imine (C=N–C) groups is 1. The summed E-state index contributed by atoms with van der Waals surface area (Å²) in [4.78, 5) is 6.39. The van der Waals surface area contributed by atoms with Gasteiger partial charge in [-0.25, -0.2) is 8.42 Å². The Kier molecular flexibility index (Phi) is 6.93. The predicted molar refractivity (Wildman–Crippen MR) is 109 cm³/mol. The zero-order valence-corrected chi connectivity index (χ0v) is 17.3. The molecule has 8 nitrogen and oxygen atoms in total. The number of nitrogens with one attached hydrogen (secondary N) is 1. The Labute approximate surface area is 170 Å². The van der Waals surface area contributed by atoms with E-state index in [1.807, 2.05) is 24.3 Å². The third-order valence-electron chi connectivity index (χ3n) is 4.55. The molecule has 0 radical (unpaired) electrons. The molecule has 0 saturated carbocycles. The number of rotatable bonds is 6. The molecule has 3 rings (SSSR count). The minimum absolute atomic E-state index is 0.143. The largest absolute Gasteiger partial charge is 0.364 e. The summed E-state index contributed by atoms with van der Waals surface area (Å²) in [5.74, 6) is 0.631. The number of hydrogen-bond donors (Lipinski definition) is 1. The summed E-state index contributed by atoms with van der Waals surface area (Å²) in [5.41, 5.74) is 1.57. The third-order valence-corrected chi connectivity index (χ3v) is 6.60. The van der Waals surface area contributed by atoms with E-state index in [0.717, 1.165) is 29.5 Å². The minimum atomic E-state index is -3.41. The Hall–Kier alpha value is -2.10. The van der Waals surface area contributed by atoms with Crippen LogP contribution in [0.3, 0.4) is 0 Å². The van der Waals surface area contributed by atoms with Gasteiger partial charge in [0.05, 0.1) is 5.69 Å². The first-order valence-electron chi connectivity index (χ1n) is 9.05. The molecular formula is C18H24ClN5O3S. The molecule has 1 aromatic heterocycles. The highest BCUT2D eigenvalue weighted by molar-refractivity contribution is 7.88. The molecule has 0 bridgehead atoms. The van der Waals surface area contributed by atoms with E-state index in [0.29, 0.717) is 31.9 Å². The van der Waals surface area contributed by atoms with Gasteiger partial charge in [-0.3, -0.25) is 4.99 Å².